The van der Waals surface area contributed by atoms with E-state index in [4.69, 9.17) is 0 Å². The minimum atomic E-state index is -0.727. The van der Waals surface area contributed by atoms with Gasteiger partial charge < -0.3 is 5.11 Å². The van der Waals surface area contributed by atoms with E-state index in [9.17, 15) is 14.7 Å². The van der Waals surface area contributed by atoms with Crippen molar-refractivity contribution in [2.75, 3.05) is 0 Å². The summed E-state index contributed by atoms with van der Waals surface area (Å²) in [6.07, 6.45) is 1.46. The minimum absolute atomic E-state index is 0.298. The zero-order valence-electron chi connectivity index (χ0n) is 13.0. The summed E-state index contributed by atoms with van der Waals surface area (Å²) in [6, 6.07) is 18.7. The molecule has 0 aliphatic carbocycles. The first-order valence-electron chi connectivity index (χ1n) is 7.42. The third kappa shape index (κ3) is 3.78. The van der Waals surface area contributed by atoms with Crippen molar-refractivity contribution in [1.82, 2.24) is 15.2 Å². The standard InChI is InChI=1S/C18H14N4O3/c23-15-11-16(24)22(14-9-5-2-6-10-14)21-17(15)18(25)20-19-12-13-7-3-1-4-8-13/h1-12,23H,(H,20,25)/b19-12+. The van der Waals surface area contributed by atoms with Crippen LogP contribution in [0.3, 0.4) is 0 Å². The van der Waals surface area contributed by atoms with Gasteiger partial charge in [0, 0.05) is 6.07 Å². The number of nitrogens with zero attached hydrogens (tertiary/aromatic N) is 3. The number of benzene rings is 2. The van der Waals surface area contributed by atoms with Crippen LogP contribution in [0, 0.1) is 0 Å². The van der Waals surface area contributed by atoms with Gasteiger partial charge in [-0.25, -0.2) is 5.43 Å². The molecule has 2 aromatic carbocycles. The third-order valence-corrected chi connectivity index (χ3v) is 3.31. The van der Waals surface area contributed by atoms with Gasteiger partial charge in [-0.3, -0.25) is 9.59 Å². The summed E-state index contributed by atoms with van der Waals surface area (Å²) in [4.78, 5) is 24.2. The Bertz CT molecular complexity index is 967. The second-order valence-electron chi connectivity index (χ2n) is 5.07. The second-order valence-corrected chi connectivity index (χ2v) is 5.07. The Morgan fingerprint density at radius 3 is 2.40 bits per heavy atom. The SMILES string of the molecule is O=C(N/N=C/c1ccccc1)c1nn(-c2ccccc2)c(=O)cc1O. The van der Waals surface area contributed by atoms with Crippen molar-refractivity contribution in [3.8, 4) is 11.4 Å². The van der Waals surface area contributed by atoms with Crippen molar-refractivity contribution < 1.29 is 9.90 Å². The summed E-state index contributed by atoms with van der Waals surface area (Å²) in [5.74, 6) is -1.24. The summed E-state index contributed by atoms with van der Waals surface area (Å²) in [6.45, 7) is 0. The number of aromatic hydroxyl groups is 1. The fourth-order valence-electron chi connectivity index (χ4n) is 2.12. The predicted octanol–water partition coefficient (Wildman–Crippen LogP) is 1.70. The molecule has 0 atom stereocenters. The molecule has 0 unspecified atom stereocenters. The number of nitrogens with one attached hydrogen (secondary N) is 1. The Hall–Kier alpha value is -3.74. The van der Waals surface area contributed by atoms with Crippen LogP contribution in [0.15, 0.2) is 76.6 Å². The molecule has 7 heteroatoms. The van der Waals surface area contributed by atoms with Crippen LogP contribution >= 0.6 is 0 Å². The first-order chi connectivity index (χ1) is 12.1. The van der Waals surface area contributed by atoms with E-state index in [0.717, 1.165) is 16.3 Å². The Morgan fingerprint density at radius 2 is 1.72 bits per heavy atom. The molecule has 0 radical (unpaired) electrons. The number of amides is 1. The van der Waals surface area contributed by atoms with Crippen LogP contribution in [0.4, 0.5) is 0 Å². The molecule has 2 N–H and O–H groups in total. The number of rotatable bonds is 4. The maximum absolute atomic E-state index is 12.2. The molecule has 0 aliphatic rings. The molecule has 0 fully saturated rings. The van der Waals surface area contributed by atoms with Crippen LogP contribution in [0.25, 0.3) is 5.69 Å². The van der Waals surface area contributed by atoms with Gasteiger partial charge in [0.1, 0.15) is 0 Å². The Morgan fingerprint density at radius 1 is 1.08 bits per heavy atom. The van der Waals surface area contributed by atoms with Gasteiger partial charge in [0.25, 0.3) is 11.5 Å². The van der Waals surface area contributed by atoms with Gasteiger partial charge in [0.2, 0.25) is 0 Å². The van der Waals surface area contributed by atoms with Crippen molar-refractivity contribution in [1.29, 1.82) is 0 Å². The molecule has 1 aromatic heterocycles. The molecule has 1 amide bonds. The van der Waals surface area contributed by atoms with Gasteiger partial charge in [-0.1, -0.05) is 48.5 Å². The summed E-state index contributed by atoms with van der Waals surface area (Å²) in [7, 11) is 0. The van der Waals surface area contributed by atoms with Crippen molar-refractivity contribution in [2.45, 2.75) is 0 Å². The van der Waals surface area contributed by atoms with Crippen LogP contribution < -0.4 is 11.0 Å². The van der Waals surface area contributed by atoms with E-state index >= 15 is 0 Å². The average Bonchev–Trinajstić information content (AvgIpc) is 2.63. The molecule has 0 bridgehead atoms. The zero-order valence-corrected chi connectivity index (χ0v) is 13.0. The van der Waals surface area contributed by atoms with E-state index in [0.29, 0.717) is 5.69 Å². The Kier molecular flexibility index (Phi) is 4.66. The van der Waals surface area contributed by atoms with E-state index in [1.165, 1.54) is 6.21 Å². The molecule has 0 saturated heterocycles. The fourth-order valence-corrected chi connectivity index (χ4v) is 2.12. The van der Waals surface area contributed by atoms with Gasteiger partial charge >= 0.3 is 0 Å². The third-order valence-electron chi connectivity index (χ3n) is 3.31. The summed E-state index contributed by atoms with van der Waals surface area (Å²) in [5.41, 5.74) is 2.71. The highest BCUT2D eigenvalue weighted by atomic mass is 16.3. The van der Waals surface area contributed by atoms with E-state index in [1.807, 2.05) is 30.3 Å². The number of carbonyl (C=O) groups excluding carboxylic acids is 1. The van der Waals surface area contributed by atoms with Crippen molar-refractivity contribution >= 4 is 12.1 Å². The van der Waals surface area contributed by atoms with Gasteiger partial charge in [-0.2, -0.15) is 14.9 Å². The Labute approximate surface area is 142 Å². The normalized spacial score (nSPS) is 10.7. The lowest BCUT2D eigenvalue weighted by atomic mass is 10.2. The first-order valence-corrected chi connectivity index (χ1v) is 7.42. The number of hydrazone groups is 1. The zero-order chi connectivity index (χ0) is 17.6. The quantitative estimate of drug-likeness (QED) is 0.561. The molecule has 3 aromatic rings. The monoisotopic (exact) mass is 334 g/mol. The second kappa shape index (κ2) is 7.22. The smallest absolute Gasteiger partial charge is 0.295 e. The first kappa shape index (κ1) is 16.1. The van der Waals surface area contributed by atoms with Gasteiger partial charge in [0.15, 0.2) is 11.4 Å². The lowest BCUT2D eigenvalue weighted by molar-refractivity contribution is 0.0945. The molecular formula is C18H14N4O3. The molecule has 124 valence electrons. The van der Waals surface area contributed by atoms with Crippen LogP contribution in [-0.4, -0.2) is 27.0 Å². The average molecular weight is 334 g/mol. The molecule has 0 aliphatic heterocycles. The lowest BCUT2D eigenvalue weighted by Crippen LogP contribution is -2.27. The molecule has 0 saturated carbocycles. The van der Waals surface area contributed by atoms with Gasteiger partial charge in [0.05, 0.1) is 11.9 Å². The molecule has 0 spiro atoms. The maximum atomic E-state index is 12.2. The van der Waals surface area contributed by atoms with E-state index in [2.05, 4.69) is 15.6 Å². The van der Waals surface area contributed by atoms with E-state index in [1.54, 1.807) is 30.3 Å². The largest absolute Gasteiger partial charge is 0.505 e. The van der Waals surface area contributed by atoms with Gasteiger partial charge in [-0.05, 0) is 17.7 Å². The highest BCUT2D eigenvalue weighted by Crippen LogP contribution is 2.12. The summed E-state index contributed by atoms with van der Waals surface area (Å²) < 4.78 is 1.04. The molecule has 1 heterocycles. The number of para-hydroxylation sites is 1. The maximum Gasteiger partial charge on any atom is 0.295 e. The lowest BCUT2D eigenvalue weighted by Gasteiger charge is -2.07. The number of hydrogen-bond donors (Lipinski definition) is 2. The van der Waals surface area contributed by atoms with Crippen molar-refractivity contribution in [3.05, 3.63) is 88.3 Å². The van der Waals surface area contributed by atoms with Crippen molar-refractivity contribution in [3.63, 3.8) is 0 Å². The van der Waals surface area contributed by atoms with Crippen molar-refractivity contribution in [2.24, 2.45) is 5.10 Å². The van der Waals surface area contributed by atoms with Gasteiger partial charge in [-0.15, -0.1) is 0 Å². The van der Waals surface area contributed by atoms with E-state index < -0.39 is 17.2 Å². The number of carbonyl (C=O) groups is 1. The van der Waals surface area contributed by atoms with E-state index in [-0.39, 0.29) is 5.69 Å². The molecule has 3 rings (SSSR count). The van der Waals surface area contributed by atoms with Crippen LogP contribution in [0.2, 0.25) is 0 Å². The van der Waals surface area contributed by atoms with Crippen LogP contribution in [0.1, 0.15) is 16.1 Å². The number of hydrogen-bond acceptors (Lipinski definition) is 5. The number of aromatic nitrogens is 2. The highest BCUT2D eigenvalue weighted by Gasteiger charge is 2.16. The molecular weight excluding hydrogens is 320 g/mol. The topological polar surface area (TPSA) is 96.6 Å². The van der Waals surface area contributed by atoms with Crippen LogP contribution in [0.5, 0.6) is 5.75 Å². The highest BCUT2D eigenvalue weighted by molar-refractivity contribution is 5.95. The minimum Gasteiger partial charge on any atom is -0.505 e. The summed E-state index contributed by atoms with van der Waals surface area (Å²) in [5, 5.41) is 17.6. The predicted molar refractivity (Wildman–Crippen MR) is 93.0 cm³/mol. The Balaban J connectivity index is 1.85. The van der Waals surface area contributed by atoms with Crippen LogP contribution in [-0.2, 0) is 0 Å². The molecule has 25 heavy (non-hydrogen) atoms. The fraction of sp³-hybridized carbons (Fsp3) is 0. The summed E-state index contributed by atoms with van der Waals surface area (Å²) >= 11 is 0. The molecule has 7 nitrogen and oxygen atoms in total.